The number of halogens is 2. The van der Waals surface area contributed by atoms with Crippen LogP contribution in [0.2, 0.25) is 0 Å². The van der Waals surface area contributed by atoms with Crippen LogP contribution in [0.3, 0.4) is 0 Å². The zero-order valence-electron chi connectivity index (χ0n) is 13.9. The van der Waals surface area contributed by atoms with Crippen LogP contribution in [0.15, 0.2) is 24.3 Å². The lowest BCUT2D eigenvalue weighted by molar-refractivity contribution is -0.169. The number of rotatable bonds is 8. The van der Waals surface area contributed by atoms with Crippen LogP contribution >= 0.6 is 0 Å². The number of ether oxygens (including phenoxy) is 2. The van der Waals surface area contributed by atoms with Gasteiger partial charge in [-0.15, -0.1) is 0 Å². The molecular weight excluding hydrogens is 306 g/mol. The molecule has 0 heterocycles. The second kappa shape index (κ2) is 8.24. The van der Waals surface area contributed by atoms with Crippen molar-refractivity contribution in [3.63, 3.8) is 0 Å². The predicted octanol–water partition coefficient (Wildman–Crippen LogP) is 3.52. The molecule has 130 valence electrons. The molecule has 0 spiro atoms. The number of hydrogen-bond acceptors (Lipinski definition) is 4. The summed E-state index contributed by atoms with van der Waals surface area (Å²) in [5.41, 5.74) is -1.85. The molecule has 1 aromatic carbocycles. The first-order valence-corrected chi connectivity index (χ1v) is 7.68. The summed E-state index contributed by atoms with van der Waals surface area (Å²) in [7, 11) is 0. The topological polar surface area (TPSA) is 55.8 Å². The van der Waals surface area contributed by atoms with E-state index in [9.17, 15) is 18.7 Å². The highest BCUT2D eigenvalue weighted by Gasteiger charge is 2.46. The van der Waals surface area contributed by atoms with Crippen LogP contribution in [0.4, 0.5) is 8.78 Å². The van der Waals surface area contributed by atoms with Gasteiger partial charge in [0.05, 0.1) is 12.7 Å². The van der Waals surface area contributed by atoms with Crippen LogP contribution in [0, 0.1) is 5.92 Å². The molecule has 0 aromatic heterocycles. The largest absolute Gasteiger partial charge is 0.491 e. The van der Waals surface area contributed by atoms with Crippen LogP contribution in [-0.4, -0.2) is 30.2 Å². The lowest BCUT2D eigenvalue weighted by Gasteiger charge is -2.31. The van der Waals surface area contributed by atoms with Gasteiger partial charge >= 0.3 is 5.97 Å². The van der Waals surface area contributed by atoms with Crippen molar-refractivity contribution in [3.8, 4) is 5.75 Å². The Morgan fingerprint density at radius 2 is 1.83 bits per heavy atom. The van der Waals surface area contributed by atoms with Crippen molar-refractivity contribution >= 4 is 5.97 Å². The molecule has 6 heteroatoms. The van der Waals surface area contributed by atoms with Crippen LogP contribution in [-0.2, 0) is 15.1 Å². The molecule has 0 bridgehead atoms. The lowest BCUT2D eigenvalue weighted by Crippen LogP contribution is -2.42. The maximum atomic E-state index is 13.3. The van der Waals surface area contributed by atoms with Gasteiger partial charge in [0.1, 0.15) is 17.3 Å². The Morgan fingerprint density at radius 1 is 1.26 bits per heavy atom. The van der Waals surface area contributed by atoms with Crippen molar-refractivity contribution in [2.75, 3.05) is 6.61 Å². The average molecular weight is 330 g/mol. The quantitative estimate of drug-likeness (QED) is 0.741. The second-order valence-electron chi connectivity index (χ2n) is 5.57. The molecule has 3 atom stereocenters. The molecule has 1 rings (SSSR count). The lowest BCUT2D eigenvalue weighted by atomic mass is 9.83. The molecule has 0 fully saturated rings. The van der Waals surface area contributed by atoms with Crippen molar-refractivity contribution in [2.45, 2.75) is 52.2 Å². The molecule has 0 aliphatic rings. The second-order valence-corrected chi connectivity index (χ2v) is 5.57. The standard InChI is InChI=1S/C17H24F2O4/c1-5-11(3)23-13-9-7-12(8-10-13)17(4,21)14(15(18)19)16(20)22-6-2/h7-11,14-15,21H,5-6H2,1-4H3. The highest BCUT2D eigenvalue weighted by atomic mass is 19.3. The van der Waals surface area contributed by atoms with Gasteiger partial charge in [0.2, 0.25) is 0 Å². The fraction of sp³-hybridized carbons (Fsp3) is 0.588. The molecule has 0 saturated carbocycles. The molecule has 0 amide bonds. The van der Waals surface area contributed by atoms with Crippen molar-refractivity contribution in [3.05, 3.63) is 29.8 Å². The van der Waals surface area contributed by atoms with E-state index in [-0.39, 0.29) is 18.3 Å². The molecule has 1 N–H and O–H groups in total. The van der Waals surface area contributed by atoms with Crippen LogP contribution < -0.4 is 4.74 Å². The van der Waals surface area contributed by atoms with E-state index in [0.717, 1.165) is 6.42 Å². The molecule has 0 radical (unpaired) electrons. The highest BCUT2D eigenvalue weighted by Crippen LogP contribution is 2.35. The van der Waals surface area contributed by atoms with Gasteiger partial charge in [-0.1, -0.05) is 19.1 Å². The zero-order chi connectivity index (χ0) is 17.6. The SMILES string of the molecule is CCOC(=O)C(C(F)F)C(C)(O)c1ccc(OC(C)CC)cc1. The summed E-state index contributed by atoms with van der Waals surface area (Å²) in [4.78, 5) is 11.8. The fourth-order valence-corrected chi connectivity index (χ4v) is 2.18. The number of aliphatic hydroxyl groups is 1. The summed E-state index contributed by atoms with van der Waals surface area (Å²) in [6, 6.07) is 6.13. The van der Waals surface area contributed by atoms with Gasteiger partial charge in [-0.25, -0.2) is 8.78 Å². The Kier molecular flexibility index (Phi) is 6.94. The monoisotopic (exact) mass is 330 g/mol. The summed E-state index contributed by atoms with van der Waals surface area (Å²) in [6.07, 6.45) is -2.19. The molecule has 0 aliphatic heterocycles. The summed E-state index contributed by atoms with van der Waals surface area (Å²) in [5, 5.41) is 10.5. The van der Waals surface area contributed by atoms with Gasteiger partial charge < -0.3 is 14.6 Å². The van der Waals surface area contributed by atoms with Crippen LogP contribution in [0.5, 0.6) is 5.75 Å². The number of carbonyl (C=O) groups excluding carboxylic acids is 1. The molecule has 23 heavy (non-hydrogen) atoms. The minimum atomic E-state index is -3.04. The number of esters is 1. The van der Waals surface area contributed by atoms with E-state index in [1.807, 2.05) is 13.8 Å². The summed E-state index contributed by atoms with van der Waals surface area (Å²) < 4.78 is 36.8. The maximum absolute atomic E-state index is 13.3. The average Bonchev–Trinajstić information content (AvgIpc) is 2.47. The third-order valence-corrected chi connectivity index (χ3v) is 3.75. The van der Waals surface area contributed by atoms with Crippen LogP contribution in [0.1, 0.15) is 39.7 Å². The molecule has 0 aliphatic carbocycles. The van der Waals surface area contributed by atoms with Gasteiger partial charge in [0, 0.05) is 0 Å². The molecular formula is C17H24F2O4. The van der Waals surface area contributed by atoms with Gasteiger partial charge in [-0.2, -0.15) is 0 Å². The van der Waals surface area contributed by atoms with E-state index in [1.165, 1.54) is 26.0 Å². The predicted molar refractivity (Wildman–Crippen MR) is 82.5 cm³/mol. The summed E-state index contributed by atoms with van der Waals surface area (Å²) >= 11 is 0. The highest BCUT2D eigenvalue weighted by molar-refractivity contribution is 5.74. The van der Waals surface area contributed by atoms with Gasteiger partial charge in [-0.3, -0.25) is 4.79 Å². The van der Waals surface area contributed by atoms with E-state index >= 15 is 0 Å². The number of hydrogen-bond donors (Lipinski definition) is 1. The normalized spacial score (nSPS) is 16.5. The Morgan fingerprint density at radius 3 is 2.26 bits per heavy atom. The molecule has 3 unspecified atom stereocenters. The van der Waals surface area contributed by atoms with Crippen molar-refractivity contribution in [2.24, 2.45) is 5.92 Å². The maximum Gasteiger partial charge on any atom is 0.318 e. The summed E-state index contributed by atoms with van der Waals surface area (Å²) in [5.74, 6) is -2.50. The Labute approximate surface area is 135 Å². The Bertz CT molecular complexity index is 500. The molecule has 0 saturated heterocycles. The molecule has 1 aromatic rings. The Hall–Kier alpha value is -1.69. The molecule has 4 nitrogen and oxygen atoms in total. The zero-order valence-corrected chi connectivity index (χ0v) is 13.9. The van der Waals surface area contributed by atoms with E-state index in [4.69, 9.17) is 4.74 Å². The van der Waals surface area contributed by atoms with E-state index in [1.54, 1.807) is 12.1 Å². The van der Waals surface area contributed by atoms with Gasteiger partial charge in [0.15, 0.2) is 0 Å². The van der Waals surface area contributed by atoms with Crippen LogP contribution in [0.25, 0.3) is 0 Å². The first kappa shape index (κ1) is 19.4. The Balaban J connectivity index is 3.02. The number of alkyl halides is 2. The minimum absolute atomic E-state index is 0.0229. The van der Waals surface area contributed by atoms with Gasteiger partial charge in [0.25, 0.3) is 6.43 Å². The van der Waals surface area contributed by atoms with Crippen molar-refractivity contribution in [1.29, 1.82) is 0 Å². The van der Waals surface area contributed by atoms with Gasteiger partial charge in [-0.05, 0) is 44.9 Å². The third kappa shape index (κ3) is 4.89. The summed E-state index contributed by atoms with van der Waals surface area (Å²) in [6.45, 7) is 6.58. The van der Waals surface area contributed by atoms with E-state index < -0.39 is 23.9 Å². The third-order valence-electron chi connectivity index (χ3n) is 3.75. The van der Waals surface area contributed by atoms with E-state index in [0.29, 0.717) is 5.75 Å². The van der Waals surface area contributed by atoms with Crippen molar-refractivity contribution < 1.29 is 28.2 Å². The fourth-order valence-electron chi connectivity index (χ4n) is 2.18. The van der Waals surface area contributed by atoms with E-state index in [2.05, 4.69) is 4.74 Å². The number of carbonyl (C=O) groups is 1. The van der Waals surface area contributed by atoms with Crippen molar-refractivity contribution in [1.82, 2.24) is 0 Å². The first-order valence-electron chi connectivity index (χ1n) is 7.68. The first-order chi connectivity index (χ1) is 10.7. The number of benzene rings is 1. The smallest absolute Gasteiger partial charge is 0.318 e. The minimum Gasteiger partial charge on any atom is -0.491 e.